The first-order chi connectivity index (χ1) is 12.7. The summed E-state index contributed by atoms with van der Waals surface area (Å²) in [5.41, 5.74) is 2.70. The highest BCUT2D eigenvalue weighted by Crippen LogP contribution is 2.31. The molecule has 1 amide bonds. The summed E-state index contributed by atoms with van der Waals surface area (Å²) in [6, 6.07) is 14.3. The van der Waals surface area contributed by atoms with Crippen molar-refractivity contribution < 1.29 is 9.53 Å². The first kappa shape index (κ1) is 16.5. The quantitative estimate of drug-likeness (QED) is 0.772. The number of nitriles is 1. The van der Waals surface area contributed by atoms with E-state index in [0.717, 1.165) is 47.3 Å². The molecule has 1 saturated heterocycles. The van der Waals surface area contributed by atoms with Crippen LogP contribution >= 0.6 is 11.3 Å². The van der Waals surface area contributed by atoms with Crippen LogP contribution in [0.1, 0.15) is 15.9 Å². The average molecular weight is 364 g/mol. The number of anilines is 2. The molecule has 6 nitrogen and oxygen atoms in total. The maximum Gasteiger partial charge on any atom is 0.255 e. The summed E-state index contributed by atoms with van der Waals surface area (Å²) in [4.78, 5) is 19.3. The molecular formula is C19H16N4O2S. The Morgan fingerprint density at radius 2 is 1.96 bits per heavy atom. The summed E-state index contributed by atoms with van der Waals surface area (Å²) in [5, 5.41) is 12.7. The fraction of sp³-hybridized carbons (Fsp3) is 0.211. The minimum absolute atomic E-state index is 0.202. The van der Waals surface area contributed by atoms with Gasteiger partial charge in [-0.15, -0.1) is 0 Å². The number of hydrogen-bond donors (Lipinski definition) is 1. The summed E-state index contributed by atoms with van der Waals surface area (Å²) in [6.45, 7) is 3.15. The van der Waals surface area contributed by atoms with Crippen molar-refractivity contribution >= 4 is 38.3 Å². The third-order valence-corrected chi connectivity index (χ3v) is 5.27. The van der Waals surface area contributed by atoms with Crippen molar-refractivity contribution in [1.82, 2.24) is 4.98 Å². The van der Waals surface area contributed by atoms with Gasteiger partial charge in [-0.3, -0.25) is 4.79 Å². The van der Waals surface area contributed by atoms with Crippen molar-refractivity contribution in [2.24, 2.45) is 0 Å². The number of hydrogen-bond acceptors (Lipinski definition) is 6. The Balaban J connectivity index is 1.53. The van der Waals surface area contributed by atoms with Gasteiger partial charge in [0.05, 0.1) is 35.1 Å². The molecule has 0 radical (unpaired) electrons. The number of amides is 1. The van der Waals surface area contributed by atoms with Crippen molar-refractivity contribution in [2.75, 3.05) is 36.5 Å². The topological polar surface area (TPSA) is 78.2 Å². The van der Waals surface area contributed by atoms with Gasteiger partial charge in [0.2, 0.25) is 0 Å². The number of carbonyl (C=O) groups excluding carboxylic acids is 1. The zero-order chi connectivity index (χ0) is 17.9. The third kappa shape index (κ3) is 3.38. The van der Waals surface area contributed by atoms with E-state index in [1.54, 1.807) is 35.6 Å². The summed E-state index contributed by atoms with van der Waals surface area (Å²) < 4.78 is 6.42. The van der Waals surface area contributed by atoms with Gasteiger partial charge in [-0.2, -0.15) is 5.26 Å². The van der Waals surface area contributed by atoms with Crippen LogP contribution in [0.15, 0.2) is 42.5 Å². The lowest BCUT2D eigenvalue weighted by molar-refractivity contribution is 0.102. The predicted molar refractivity (Wildman–Crippen MR) is 102 cm³/mol. The van der Waals surface area contributed by atoms with Gasteiger partial charge < -0.3 is 15.0 Å². The molecule has 1 aliphatic rings. The standard InChI is InChI=1S/C19H16N4O2S/c20-12-13-1-3-14(4-2-13)18(24)21-15-5-6-16-17(11-15)26-19(22-16)23-7-9-25-10-8-23/h1-6,11H,7-10H2,(H,21,24). The fourth-order valence-corrected chi connectivity index (χ4v) is 3.84. The monoisotopic (exact) mass is 364 g/mol. The highest BCUT2D eigenvalue weighted by molar-refractivity contribution is 7.22. The second-order valence-electron chi connectivity index (χ2n) is 5.92. The molecule has 2 aromatic carbocycles. The molecular weight excluding hydrogens is 348 g/mol. The van der Waals surface area contributed by atoms with E-state index < -0.39 is 0 Å². The molecule has 7 heteroatoms. The van der Waals surface area contributed by atoms with Gasteiger partial charge in [0, 0.05) is 24.3 Å². The van der Waals surface area contributed by atoms with Gasteiger partial charge in [0.1, 0.15) is 0 Å². The normalized spacial score (nSPS) is 14.2. The smallest absolute Gasteiger partial charge is 0.255 e. The highest BCUT2D eigenvalue weighted by atomic mass is 32.1. The number of ether oxygens (including phenoxy) is 1. The van der Waals surface area contributed by atoms with Crippen molar-refractivity contribution in [3.63, 3.8) is 0 Å². The Hall–Kier alpha value is -2.95. The van der Waals surface area contributed by atoms with Gasteiger partial charge in [-0.1, -0.05) is 11.3 Å². The lowest BCUT2D eigenvalue weighted by Gasteiger charge is -2.25. The van der Waals surface area contributed by atoms with Crippen molar-refractivity contribution in [2.45, 2.75) is 0 Å². The molecule has 0 spiro atoms. The van der Waals surface area contributed by atoms with Crippen LogP contribution in [0.5, 0.6) is 0 Å². The van der Waals surface area contributed by atoms with E-state index in [1.165, 1.54) is 0 Å². The van der Waals surface area contributed by atoms with E-state index >= 15 is 0 Å². The number of rotatable bonds is 3. The number of benzene rings is 2. The zero-order valence-corrected chi connectivity index (χ0v) is 14.8. The number of nitrogens with one attached hydrogen (secondary N) is 1. The minimum Gasteiger partial charge on any atom is -0.378 e. The van der Waals surface area contributed by atoms with E-state index in [2.05, 4.69) is 15.2 Å². The minimum atomic E-state index is -0.202. The molecule has 1 aliphatic heterocycles. The van der Waals surface area contributed by atoms with Gasteiger partial charge in [-0.05, 0) is 42.5 Å². The molecule has 1 N–H and O–H groups in total. The van der Waals surface area contributed by atoms with Crippen molar-refractivity contribution in [3.8, 4) is 6.07 Å². The second kappa shape index (κ2) is 7.12. The van der Waals surface area contributed by atoms with Crippen molar-refractivity contribution in [1.29, 1.82) is 5.26 Å². The van der Waals surface area contributed by atoms with Gasteiger partial charge in [-0.25, -0.2) is 4.98 Å². The van der Waals surface area contributed by atoms with E-state index in [-0.39, 0.29) is 5.91 Å². The number of morpholine rings is 1. The number of carbonyl (C=O) groups is 1. The van der Waals surface area contributed by atoms with Crippen LogP contribution in [0, 0.1) is 11.3 Å². The number of fused-ring (bicyclic) bond motifs is 1. The predicted octanol–water partition coefficient (Wildman–Crippen LogP) is 3.26. The van der Waals surface area contributed by atoms with Crippen LogP contribution in [-0.2, 0) is 4.74 Å². The molecule has 1 fully saturated rings. The average Bonchev–Trinajstić information content (AvgIpc) is 3.12. The second-order valence-corrected chi connectivity index (χ2v) is 6.93. The van der Waals surface area contributed by atoms with E-state index in [0.29, 0.717) is 11.1 Å². The first-order valence-electron chi connectivity index (χ1n) is 8.28. The van der Waals surface area contributed by atoms with E-state index in [9.17, 15) is 4.79 Å². The van der Waals surface area contributed by atoms with E-state index in [1.807, 2.05) is 24.3 Å². The van der Waals surface area contributed by atoms with Gasteiger partial charge >= 0.3 is 0 Å². The molecule has 0 saturated carbocycles. The van der Waals surface area contributed by atoms with Crippen LogP contribution in [0.2, 0.25) is 0 Å². The SMILES string of the molecule is N#Cc1ccc(C(=O)Nc2ccc3nc(N4CCOCC4)sc3c2)cc1. The number of nitrogens with zero attached hydrogens (tertiary/aromatic N) is 3. The van der Waals surface area contributed by atoms with E-state index in [4.69, 9.17) is 10.00 Å². The molecule has 3 aromatic rings. The molecule has 0 atom stereocenters. The lowest BCUT2D eigenvalue weighted by atomic mass is 10.1. The van der Waals surface area contributed by atoms with Crippen molar-refractivity contribution in [3.05, 3.63) is 53.6 Å². The van der Waals surface area contributed by atoms with Crippen LogP contribution in [0.25, 0.3) is 10.2 Å². The Morgan fingerprint density at radius 1 is 1.19 bits per heavy atom. The van der Waals surface area contributed by atoms with Crippen LogP contribution in [0.3, 0.4) is 0 Å². The summed E-state index contributed by atoms with van der Waals surface area (Å²) >= 11 is 1.62. The molecule has 1 aromatic heterocycles. The Bertz CT molecular complexity index is 985. The third-order valence-electron chi connectivity index (χ3n) is 4.19. The summed E-state index contributed by atoms with van der Waals surface area (Å²) in [7, 11) is 0. The molecule has 26 heavy (non-hydrogen) atoms. The molecule has 0 bridgehead atoms. The Morgan fingerprint density at radius 3 is 2.69 bits per heavy atom. The largest absolute Gasteiger partial charge is 0.378 e. The maximum atomic E-state index is 12.4. The Kier molecular flexibility index (Phi) is 4.52. The highest BCUT2D eigenvalue weighted by Gasteiger charge is 2.16. The zero-order valence-electron chi connectivity index (χ0n) is 13.9. The molecule has 0 aliphatic carbocycles. The molecule has 4 rings (SSSR count). The van der Waals surface area contributed by atoms with Crippen LogP contribution in [0.4, 0.5) is 10.8 Å². The van der Waals surface area contributed by atoms with Gasteiger partial charge in [0.15, 0.2) is 5.13 Å². The molecule has 130 valence electrons. The van der Waals surface area contributed by atoms with Gasteiger partial charge in [0.25, 0.3) is 5.91 Å². The summed E-state index contributed by atoms with van der Waals surface area (Å²) in [5.74, 6) is -0.202. The number of aromatic nitrogens is 1. The first-order valence-corrected chi connectivity index (χ1v) is 9.09. The van der Waals surface area contributed by atoms with Crippen LogP contribution < -0.4 is 10.2 Å². The Labute approximate surface area is 154 Å². The molecule has 2 heterocycles. The number of thiazole rings is 1. The van der Waals surface area contributed by atoms with Crippen LogP contribution in [-0.4, -0.2) is 37.2 Å². The fourth-order valence-electron chi connectivity index (χ4n) is 2.78. The lowest BCUT2D eigenvalue weighted by Crippen LogP contribution is -2.36. The maximum absolute atomic E-state index is 12.4. The summed E-state index contributed by atoms with van der Waals surface area (Å²) in [6.07, 6.45) is 0. The molecule has 0 unspecified atom stereocenters.